The summed E-state index contributed by atoms with van der Waals surface area (Å²) in [5.74, 6) is 0. The first kappa shape index (κ1) is 14.5. The molecule has 0 aliphatic carbocycles. The molecule has 0 bridgehead atoms. The first-order chi connectivity index (χ1) is 10.1. The fraction of sp³-hybridized carbons (Fsp3) is 0.235. The fourth-order valence-electron chi connectivity index (χ4n) is 2.44. The van der Waals surface area contributed by atoms with Crippen LogP contribution in [0.5, 0.6) is 0 Å². The molecule has 1 unspecified atom stereocenters. The number of thiazole rings is 1. The van der Waals surface area contributed by atoms with Crippen LogP contribution in [0.1, 0.15) is 36.5 Å². The summed E-state index contributed by atoms with van der Waals surface area (Å²) in [4.78, 5) is 4.70. The quantitative estimate of drug-likeness (QED) is 0.700. The molecule has 0 saturated heterocycles. The van der Waals surface area contributed by atoms with E-state index in [4.69, 9.17) is 16.6 Å². The second kappa shape index (κ2) is 6.14. The molecule has 0 aliphatic heterocycles. The Morgan fingerprint density at radius 2 is 1.71 bits per heavy atom. The molecule has 3 rings (SSSR count). The Bertz CT molecular complexity index is 720. The summed E-state index contributed by atoms with van der Waals surface area (Å²) in [5.41, 5.74) is 2.18. The Hall–Kier alpha value is -1.42. The Morgan fingerprint density at radius 1 is 1.00 bits per heavy atom. The van der Waals surface area contributed by atoms with Crippen molar-refractivity contribution >= 4 is 33.2 Å². The maximum atomic E-state index is 6.26. The zero-order valence-corrected chi connectivity index (χ0v) is 13.6. The molecule has 21 heavy (non-hydrogen) atoms. The summed E-state index contributed by atoms with van der Waals surface area (Å²) in [6.45, 7) is 4.27. The molecular formula is C17H17ClN2S. The summed E-state index contributed by atoms with van der Waals surface area (Å²) in [6, 6.07) is 16.6. The van der Waals surface area contributed by atoms with Gasteiger partial charge in [-0.05, 0) is 37.6 Å². The molecule has 108 valence electrons. The van der Waals surface area contributed by atoms with Gasteiger partial charge in [-0.2, -0.15) is 0 Å². The molecule has 0 saturated carbocycles. The lowest BCUT2D eigenvalue weighted by Gasteiger charge is -2.19. The molecule has 0 amide bonds. The van der Waals surface area contributed by atoms with Crippen molar-refractivity contribution in [3.8, 4) is 0 Å². The van der Waals surface area contributed by atoms with E-state index in [0.717, 1.165) is 21.1 Å². The number of para-hydroxylation sites is 1. The number of nitrogens with zero attached hydrogens (tertiary/aromatic N) is 1. The monoisotopic (exact) mass is 316 g/mol. The van der Waals surface area contributed by atoms with Gasteiger partial charge in [0, 0.05) is 11.1 Å². The molecule has 0 radical (unpaired) electrons. The summed E-state index contributed by atoms with van der Waals surface area (Å²) >= 11 is 8.00. The van der Waals surface area contributed by atoms with E-state index in [9.17, 15) is 0 Å². The van der Waals surface area contributed by atoms with Crippen LogP contribution in [-0.4, -0.2) is 4.98 Å². The summed E-state index contributed by atoms with van der Waals surface area (Å²) < 4.78 is 1.23. The molecule has 0 fully saturated rings. The summed E-state index contributed by atoms with van der Waals surface area (Å²) in [7, 11) is 0. The van der Waals surface area contributed by atoms with Gasteiger partial charge in [0.15, 0.2) is 0 Å². The average Bonchev–Trinajstić information content (AvgIpc) is 2.91. The summed E-state index contributed by atoms with van der Waals surface area (Å²) in [5, 5.41) is 5.48. The van der Waals surface area contributed by atoms with E-state index in [2.05, 4.69) is 43.4 Å². The predicted molar refractivity (Wildman–Crippen MR) is 91.0 cm³/mol. The van der Waals surface area contributed by atoms with Gasteiger partial charge in [0.25, 0.3) is 0 Å². The van der Waals surface area contributed by atoms with Crippen molar-refractivity contribution < 1.29 is 0 Å². The third kappa shape index (κ3) is 3.10. The van der Waals surface area contributed by atoms with Gasteiger partial charge in [0.05, 0.1) is 16.3 Å². The van der Waals surface area contributed by atoms with Gasteiger partial charge in [-0.25, -0.2) is 4.98 Å². The van der Waals surface area contributed by atoms with Gasteiger partial charge in [0.2, 0.25) is 0 Å². The van der Waals surface area contributed by atoms with Gasteiger partial charge < -0.3 is 5.32 Å². The van der Waals surface area contributed by atoms with Crippen LogP contribution in [0.15, 0.2) is 48.5 Å². The van der Waals surface area contributed by atoms with E-state index < -0.39 is 0 Å². The van der Waals surface area contributed by atoms with Gasteiger partial charge in [-0.3, -0.25) is 0 Å². The van der Waals surface area contributed by atoms with E-state index in [1.807, 2.05) is 24.3 Å². The van der Waals surface area contributed by atoms with E-state index in [0.29, 0.717) is 0 Å². The highest BCUT2D eigenvalue weighted by molar-refractivity contribution is 7.18. The number of benzene rings is 2. The number of aromatic nitrogens is 1. The highest BCUT2D eigenvalue weighted by atomic mass is 35.5. The number of hydrogen-bond donors (Lipinski definition) is 1. The Balaban J connectivity index is 1.79. The second-order valence-electron chi connectivity index (χ2n) is 5.15. The molecule has 1 N–H and O–H groups in total. The third-order valence-electron chi connectivity index (χ3n) is 3.55. The number of halogens is 1. The molecule has 2 aromatic carbocycles. The van der Waals surface area contributed by atoms with Gasteiger partial charge in [-0.1, -0.05) is 41.9 Å². The molecule has 2 nitrogen and oxygen atoms in total. The molecular weight excluding hydrogens is 300 g/mol. The highest BCUT2D eigenvalue weighted by Crippen LogP contribution is 2.29. The topological polar surface area (TPSA) is 24.9 Å². The molecule has 0 spiro atoms. The average molecular weight is 317 g/mol. The van der Waals surface area contributed by atoms with Gasteiger partial charge in [-0.15, -0.1) is 11.3 Å². The lowest BCUT2D eigenvalue weighted by molar-refractivity contribution is 0.494. The van der Waals surface area contributed by atoms with E-state index in [1.165, 1.54) is 4.70 Å². The lowest BCUT2D eigenvalue weighted by Crippen LogP contribution is -2.22. The van der Waals surface area contributed by atoms with Gasteiger partial charge >= 0.3 is 0 Å². The molecule has 0 aliphatic rings. The van der Waals surface area contributed by atoms with E-state index in [-0.39, 0.29) is 12.1 Å². The van der Waals surface area contributed by atoms with Crippen LogP contribution in [0.25, 0.3) is 10.2 Å². The molecule has 1 aromatic heterocycles. The zero-order chi connectivity index (χ0) is 14.8. The van der Waals surface area contributed by atoms with Crippen molar-refractivity contribution in [2.45, 2.75) is 25.9 Å². The van der Waals surface area contributed by atoms with E-state index in [1.54, 1.807) is 11.3 Å². The van der Waals surface area contributed by atoms with Crippen LogP contribution in [0.2, 0.25) is 5.02 Å². The highest BCUT2D eigenvalue weighted by Gasteiger charge is 2.16. The SMILES string of the molecule is CC(N[C@@H](C)c1ccccc1Cl)c1nc2ccccc2s1. The van der Waals surface area contributed by atoms with Crippen molar-refractivity contribution in [3.05, 3.63) is 64.1 Å². The number of hydrogen-bond acceptors (Lipinski definition) is 3. The summed E-state index contributed by atoms with van der Waals surface area (Å²) in [6.07, 6.45) is 0. The van der Waals surface area contributed by atoms with Crippen molar-refractivity contribution in [2.75, 3.05) is 0 Å². The minimum Gasteiger partial charge on any atom is -0.301 e. The largest absolute Gasteiger partial charge is 0.301 e. The maximum absolute atomic E-state index is 6.26. The van der Waals surface area contributed by atoms with Crippen LogP contribution >= 0.6 is 22.9 Å². The maximum Gasteiger partial charge on any atom is 0.111 e. The predicted octanol–water partition coefficient (Wildman–Crippen LogP) is 5.36. The lowest BCUT2D eigenvalue weighted by atomic mass is 10.1. The second-order valence-corrected chi connectivity index (χ2v) is 6.62. The van der Waals surface area contributed by atoms with Crippen LogP contribution in [0.4, 0.5) is 0 Å². The first-order valence-corrected chi connectivity index (χ1v) is 8.20. The van der Waals surface area contributed by atoms with Crippen LogP contribution in [0.3, 0.4) is 0 Å². The third-order valence-corrected chi connectivity index (χ3v) is 5.12. The Kier molecular flexibility index (Phi) is 4.24. The van der Waals surface area contributed by atoms with Crippen molar-refractivity contribution in [2.24, 2.45) is 0 Å². The standard InChI is InChI=1S/C17H17ClN2S/c1-11(13-7-3-4-8-14(13)18)19-12(2)17-20-15-9-5-6-10-16(15)21-17/h3-12,19H,1-2H3/t11-,12?/m0/s1. The normalized spacial score (nSPS) is 14.2. The molecule has 3 aromatic rings. The van der Waals surface area contributed by atoms with Crippen molar-refractivity contribution in [3.63, 3.8) is 0 Å². The van der Waals surface area contributed by atoms with E-state index >= 15 is 0 Å². The zero-order valence-electron chi connectivity index (χ0n) is 12.0. The Morgan fingerprint density at radius 3 is 2.48 bits per heavy atom. The van der Waals surface area contributed by atoms with Crippen molar-refractivity contribution in [1.29, 1.82) is 0 Å². The van der Waals surface area contributed by atoms with Crippen molar-refractivity contribution in [1.82, 2.24) is 10.3 Å². The van der Waals surface area contributed by atoms with Crippen LogP contribution in [0, 0.1) is 0 Å². The van der Waals surface area contributed by atoms with Crippen LogP contribution < -0.4 is 5.32 Å². The molecule has 4 heteroatoms. The minimum absolute atomic E-state index is 0.181. The minimum atomic E-state index is 0.181. The molecule has 1 heterocycles. The fourth-order valence-corrected chi connectivity index (χ4v) is 3.72. The smallest absolute Gasteiger partial charge is 0.111 e. The van der Waals surface area contributed by atoms with Gasteiger partial charge in [0.1, 0.15) is 5.01 Å². The number of fused-ring (bicyclic) bond motifs is 1. The first-order valence-electron chi connectivity index (χ1n) is 7.01. The number of nitrogens with one attached hydrogen (secondary N) is 1. The Labute approximate surface area is 133 Å². The number of rotatable bonds is 4. The van der Waals surface area contributed by atoms with Crippen LogP contribution in [-0.2, 0) is 0 Å². The molecule has 2 atom stereocenters.